The topological polar surface area (TPSA) is 0 Å². The highest BCUT2D eigenvalue weighted by atomic mass is 32.2. The van der Waals surface area contributed by atoms with Crippen molar-refractivity contribution in [3.63, 3.8) is 0 Å². The lowest BCUT2D eigenvalue weighted by Gasteiger charge is -2.20. The molecule has 0 aliphatic heterocycles. The van der Waals surface area contributed by atoms with E-state index in [1.165, 1.54) is 58.7 Å². The minimum absolute atomic E-state index is 0.422. The van der Waals surface area contributed by atoms with Crippen molar-refractivity contribution in [3.8, 4) is 0 Å². The Morgan fingerprint density at radius 2 is 0.433 bits per heavy atom. The lowest BCUT2D eigenvalue weighted by atomic mass is 10.4. The van der Waals surface area contributed by atoms with Crippen LogP contribution in [0.2, 0.25) is 0 Å². The van der Waals surface area contributed by atoms with Crippen molar-refractivity contribution in [3.05, 3.63) is 194 Å². The van der Waals surface area contributed by atoms with Gasteiger partial charge in [0, 0.05) is 112 Å². The molecule has 2 unspecified atom stereocenters. The summed E-state index contributed by atoms with van der Waals surface area (Å²) in [7, 11) is 0. The molecule has 0 amide bonds. The maximum Gasteiger partial charge on any atom is 0.0279 e. The largest absolute Gasteiger partial charge is 0.160 e. The molecule has 2 atom stereocenters. The van der Waals surface area contributed by atoms with E-state index in [9.17, 15) is 0 Å². The fraction of sp³-hybridized carbons (Fsp3) is 0.111. The second-order valence-electron chi connectivity index (χ2n) is 14.9. The van der Waals surface area contributed by atoms with Gasteiger partial charge in [0.15, 0.2) is 0 Å². The van der Waals surface area contributed by atoms with Gasteiger partial charge in [0.05, 0.1) is 0 Å². The van der Waals surface area contributed by atoms with E-state index in [0.29, 0.717) is 10.5 Å². The Bertz CT molecular complexity index is 2520. The molecule has 0 nitrogen and oxygen atoms in total. The Hall–Kier alpha value is -1.69. The zero-order valence-electron chi connectivity index (χ0n) is 35.9. The monoisotopic (exact) mass is 1110 g/mol. The van der Waals surface area contributed by atoms with Crippen molar-refractivity contribution in [2.75, 3.05) is 23.0 Å². The quantitative estimate of drug-likeness (QED) is 0.0384. The maximum atomic E-state index is 4.46. The maximum absolute atomic E-state index is 4.46. The molecule has 13 heteroatoms. The Kier molecular flexibility index (Phi) is 21.0. The van der Waals surface area contributed by atoms with Crippen LogP contribution in [-0.2, 0) is 0 Å². The van der Waals surface area contributed by atoms with Crippen molar-refractivity contribution < 1.29 is 0 Å². The second kappa shape index (κ2) is 27.2. The van der Waals surface area contributed by atoms with Gasteiger partial charge in [-0.1, -0.05) is 47.0 Å². The molecular weight excluding hydrogens is 1070 g/mol. The molecule has 0 aliphatic rings. The zero-order chi connectivity index (χ0) is 46.2. The summed E-state index contributed by atoms with van der Waals surface area (Å²) in [6, 6.07) is 69.7. The van der Waals surface area contributed by atoms with E-state index in [1.807, 2.05) is 95.6 Å². The van der Waals surface area contributed by atoms with Gasteiger partial charge < -0.3 is 0 Å². The Labute approximate surface area is 457 Å². The summed E-state index contributed by atoms with van der Waals surface area (Å²) in [5.74, 6) is 4.15. The van der Waals surface area contributed by atoms with E-state index in [0.717, 1.165) is 42.6 Å². The van der Waals surface area contributed by atoms with Crippen LogP contribution in [0.1, 0.15) is 0 Å². The third-order valence-corrected chi connectivity index (χ3v) is 21.8. The third-order valence-electron chi connectivity index (χ3n) is 9.67. The summed E-state index contributed by atoms with van der Waals surface area (Å²) in [5, 5.41) is 0.843. The summed E-state index contributed by atoms with van der Waals surface area (Å²) in [6.45, 7) is 0. The minimum atomic E-state index is 0.422. The lowest BCUT2D eigenvalue weighted by Crippen LogP contribution is -2.15. The van der Waals surface area contributed by atoms with Crippen molar-refractivity contribution >= 4 is 156 Å². The standard InChI is InChI=1S/C54H46S13/c55-37-1-9-43(10-2-37)62-47-21-17-41(18-22-47)60-35-53(66-51-29-25-49(26-30-51)64-45-13-5-39(57)6-14-45)33-59-34-54(67-52-31-27-50(28-32-52)65-46-15-7-40(58)8-16-46)36-61-42-19-23-48(24-20-42)63-44-11-3-38(56)4-12-44/h1-32,53-58H,33-36H2. The Morgan fingerprint density at radius 1 is 0.239 bits per heavy atom. The zero-order valence-corrected chi connectivity index (χ0v) is 46.8. The average Bonchev–Trinajstić information content (AvgIpc) is 3.35. The molecule has 0 saturated carbocycles. The molecule has 0 aliphatic carbocycles. The van der Waals surface area contributed by atoms with E-state index < -0.39 is 0 Å². The molecule has 0 bridgehead atoms. The molecule has 0 heterocycles. The van der Waals surface area contributed by atoms with Gasteiger partial charge in [0.25, 0.3) is 0 Å². The highest BCUT2D eigenvalue weighted by Gasteiger charge is 2.17. The van der Waals surface area contributed by atoms with E-state index in [4.69, 9.17) is 0 Å². The first-order valence-electron chi connectivity index (χ1n) is 21.2. The highest BCUT2D eigenvalue weighted by molar-refractivity contribution is 8.07. The normalized spacial score (nSPS) is 12.2. The first kappa shape index (κ1) is 51.7. The van der Waals surface area contributed by atoms with Crippen LogP contribution in [0.4, 0.5) is 0 Å². The fourth-order valence-electron chi connectivity index (χ4n) is 6.31. The summed E-state index contributed by atoms with van der Waals surface area (Å²) in [6.07, 6.45) is 0. The van der Waals surface area contributed by atoms with Crippen LogP contribution in [-0.4, -0.2) is 33.5 Å². The molecule has 0 fully saturated rings. The van der Waals surface area contributed by atoms with Crippen LogP contribution >= 0.6 is 156 Å². The van der Waals surface area contributed by atoms with Crippen LogP contribution in [0.3, 0.4) is 0 Å². The molecule has 0 N–H and O–H groups in total. The molecule has 8 rings (SSSR count). The summed E-state index contributed by atoms with van der Waals surface area (Å²) >= 11 is 35.0. The SMILES string of the molecule is Sc1ccc(Sc2ccc(SCC(CSCC(CSc3ccc(Sc4ccc(S)cc4)cc3)Sc3ccc(Sc4ccc(S)cc4)cc3)Sc3ccc(Sc4ccc(S)cc4)cc3)cc2)cc1. The summed E-state index contributed by atoms with van der Waals surface area (Å²) < 4.78 is 0. The van der Waals surface area contributed by atoms with Crippen LogP contribution in [0.15, 0.2) is 272 Å². The van der Waals surface area contributed by atoms with Gasteiger partial charge in [0.1, 0.15) is 0 Å². The van der Waals surface area contributed by atoms with Gasteiger partial charge >= 0.3 is 0 Å². The minimum Gasteiger partial charge on any atom is -0.160 e. The number of thiol groups is 4. The molecule has 67 heavy (non-hydrogen) atoms. The first-order chi connectivity index (χ1) is 32.7. The van der Waals surface area contributed by atoms with Gasteiger partial charge in [0.2, 0.25) is 0 Å². The van der Waals surface area contributed by atoms with Crippen LogP contribution < -0.4 is 0 Å². The van der Waals surface area contributed by atoms with Crippen molar-refractivity contribution in [1.82, 2.24) is 0 Å². The van der Waals surface area contributed by atoms with Gasteiger partial charge in [-0.3, -0.25) is 0 Å². The molecule has 0 radical (unpaired) electrons. The highest BCUT2D eigenvalue weighted by Crippen LogP contribution is 2.39. The number of hydrogen-bond donors (Lipinski definition) is 4. The van der Waals surface area contributed by atoms with Crippen molar-refractivity contribution in [1.29, 1.82) is 0 Å². The van der Waals surface area contributed by atoms with E-state index in [-0.39, 0.29) is 0 Å². The molecule has 0 saturated heterocycles. The number of benzene rings is 8. The molecule has 0 spiro atoms. The van der Waals surface area contributed by atoms with Crippen molar-refractivity contribution in [2.45, 2.75) is 88.8 Å². The third kappa shape index (κ3) is 17.8. The molecule has 8 aromatic rings. The van der Waals surface area contributed by atoms with Crippen LogP contribution in [0, 0.1) is 0 Å². The number of thioether (sulfide) groups is 5. The number of rotatable bonds is 22. The molecule has 340 valence electrons. The predicted octanol–water partition coefficient (Wildman–Crippen LogP) is 19.4. The average molecular weight is 1110 g/mol. The molecule has 0 aromatic heterocycles. The Morgan fingerprint density at radius 3 is 0.672 bits per heavy atom. The second-order valence-corrected chi connectivity index (χ2v) is 27.6. The van der Waals surface area contributed by atoms with Gasteiger partial charge in [-0.25, -0.2) is 0 Å². The fourth-order valence-corrected chi connectivity index (χ4v) is 16.4. The lowest BCUT2D eigenvalue weighted by molar-refractivity contribution is 1.11. The van der Waals surface area contributed by atoms with Gasteiger partial charge in [-0.05, 0) is 194 Å². The smallest absolute Gasteiger partial charge is 0.0279 e. The van der Waals surface area contributed by atoms with E-state index in [2.05, 4.69) is 208 Å². The van der Waals surface area contributed by atoms with E-state index >= 15 is 0 Å². The summed E-state index contributed by atoms with van der Waals surface area (Å²) in [4.78, 5) is 19.0. The Balaban J connectivity index is 0.933. The van der Waals surface area contributed by atoms with Gasteiger partial charge in [-0.2, -0.15) is 11.8 Å². The van der Waals surface area contributed by atoms with Crippen LogP contribution in [0.25, 0.3) is 0 Å². The summed E-state index contributed by atoms with van der Waals surface area (Å²) in [5.41, 5.74) is 0. The van der Waals surface area contributed by atoms with Crippen molar-refractivity contribution in [2.24, 2.45) is 0 Å². The molecular formula is C54H46S13. The predicted molar refractivity (Wildman–Crippen MR) is 315 cm³/mol. The van der Waals surface area contributed by atoms with Crippen LogP contribution in [0.5, 0.6) is 0 Å². The van der Waals surface area contributed by atoms with Gasteiger partial charge in [-0.15, -0.1) is 97.6 Å². The molecule has 8 aromatic carbocycles. The van der Waals surface area contributed by atoms with E-state index in [1.54, 1.807) is 47.0 Å². The first-order valence-corrected chi connectivity index (χ1v) is 31.1. The number of hydrogen-bond acceptors (Lipinski definition) is 13.